The minimum atomic E-state index is -0.161. The predicted octanol–water partition coefficient (Wildman–Crippen LogP) is 2.53. The number of rotatable bonds is 3. The summed E-state index contributed by atoms with van der Waals surface area (Å²) < 4.78 is 0. The summed E-state index contributed by atoms with van der Waals surface area (Å²) in [5.41, 5.74) is 3.57. The Morgan fingerprint density at radius 1 is 1.41 bits per heavy atom. The highest BCUT2D eigenvalue weighted by Gasteiger charge is 2.11. The lowest BCUT2D eigenvalue weighted by molar-refractivity contribution is 0.102. The first-order chi connectivity index (χ1) is 8.22. The molecule has 0 aliphatic carbocycles. The fraction of sp³-hybridized carbons (Fsp3) is 0.231. The number of H-pyrrole nitrogens is 1. The molecule has 17 heavy (non-hydrogen) atoms. The van der Waals surface area contributed by atoms with Crippen LogP contribution in [0.15, 0.2) is 30.5 Å². The molecule has 0 unspecified atom stereocenters. The molecule has 1 aromatic heterocycles. The lowest BCUT2D eigenvalue weighted by atomic mass is 10.1. The number of nitrogens with one attached hydrogen (secondary N) is 2. The van der Waals surface area contributed by atoms with E-state index in [4.69, 9.17) is 0 Å². The largest absolute Gasteiger partial charge is 0.320 e. The van der Waals surface area contributed by atoms with E-state index in [0.29, 0.717) is 5.69 Å². The summed E-state index contributed by atoms with van der Waals surface area (Å²) in [6.45, 7) is 4.06. The lowest BCUT2D eigenvalue weighted by Gasteiger charge is -2.12. The van der Waals surface area contributed by atoms with Gasteiger partial charge in [0.05, 0.1) is 0 Å². The van der Waals surface area contributed by atoms with E-state index < -0.39 is 0 Å². The Labute approximate surface area is 100 Å². The molecule has 4 heteroatoms. The lowest BCUT2D eigenvalue weighted by Crippen LogP contribution is -2.14. The van der Waals surface area contributed by atoms with Gasteiger partial charge in [-0.3, -0.25) is 9.89 Å². The summed E-state index contributed by atoms with van der Waals surface area (Å²) >= 11 is 0. The summed E-state index contributed by atoms with van der Waals surface area (Å²) in [5, 5.41) is 9.34. The molecule has 0 radical (unpaired) electrons. The maximum absolute atomic E-state index is 11.9. The average molecular weight is 229 g/mol. The van der Waals surface area contributed by atoms with Crippen molar-refractivity contribution in [2.45, 2.75) is 20.3 Å². The van der Waals surface area contributed by atoms with Crippen LogP contribution >= 0.6 is 0 Å². The van der Waals surface area contributed by atoms with Crippen LogP contribution in [0.5, 0.6) is 0 Å². The molecule has 2 rings (SSSR count). The fourth-order valence-corrected chi connectivity index (χ4v) is 1.77. The van der Waals surface area contributed by atoms with Gasteiger partial charge in [-0.1, -0.05) is 25.1 Å². The van der Waals surface area contributed by atoms with Crippen LogP contribution in [-0.4, -0.2) is 16.1 Å². The van der Waals surface area contributed by atoms with E-state index >= 15 is 0 Å². The summed E-state index contributed by atoms with van der Waals surface area (Å²) in [5.74, 6) is -0.161. The highest BCUT2D eigenvalue weighted by Crippen LogP contribution is 2.21. The van der Waals surface area contributed by atoms with Crippen molar-refractivity contribution >= 4 is 11.6 Å². The summed E-state index contributed by atoms with van der Waals surface area (Å²) in [6, 6.07) is 7.66. The number of hydrogen-bond donors (Lipinski definition) is 2. The Hall–Kier alpha value is -2.10. The predicted molar refractivity (Wildman–Crippen MR) is 67.1 cm³/mol. The van der Waals surface area contributed by atoms with Crippen LogP contribution in [0, 0.1) is 6.92 Å². The van der Waals surface area contributed by atoms with E-state index in [1.807, 2.05) is 25.1 Å². The first kappa shape index (κ1) is 11.4. The average Bonchev–Trinajstić information content (AvgIpc) is 2.85. The van der Waals surface area contributed by atoms with Gasteiger partial charge in [0, 0.05) is 11.9 Å². The Kier molecular flexibility index (Phi) is 3.23. The molecule has 0 bridgehead atoms. The summed E-state index contributed by atoms with van der Waals surface area (Å²) in [7, 11) is 0. The van der Waals surface area contributed by atoms with Crippen molar-refractivity contribution in [1.82, 2.24) is 10.2 Å². The van der Waals surface area contributed by atoms with Gasteiger partial charge in [0.15, 0.2) is 0 Å². The van der Waals surface area contributed by atoms with Gasteiger partial charge in [-0.25, -0.2) is 0 Å². The molecule has 0 aliphatic rings. The van der Waals surface area contributed by atoms with Gasteiger partial charge in [-0.15, -0.1) is 0 Å². The van der Waals surface area contributed by atoms with Gasteiger partial charge >= 0.3 is 0 Å². The molecule has 88 valence electrons. The van der Waals surface area contributed by atoms with Gasteiger partial charge in [-0.2, -0.15) is 5.10 Å². The molecule has 0 aliphatic heterocycles. The Morgan fingerprint density at radius 3 is 2.88 bits per heavy atom. The molecule has 0 spiro atoms. The summed E-state index contributed by atoms with van der Waals surface area (Å²) in [4.78, 5) is 11.9. The molecule has 0 saturated heterocycles. The minimum absolute atomic E-state index is 0.161. The smallest absolute Gasteiger partial charge is 0.273 e. The van der Waals surface area contributed by atoms with Gasteiger partial charge in [0.1, 0.15) is 5.69 Å². The van der Waals surface area contributed by atoms with E-state index in [1.165, 1.54) is 0 Å². The van der Waals surface area contributed by atoms with Crippen molar-refractivity contribution in [2.24, 2.45) is 0 Å². The van der Waals surface area contributed by atoms with Crippen LogP contribution in [0.25, 0.3) is 0 Å². The highest BCUT2D eigenvalue weighted by molar-refractivity contribution is 6.03. The van der Waals surface area contributed by atoms with Crippen LogP contribution in [0.2, 0.25) is 0 Å². The molecule has 0 atom stereocenters. The third kappa shape index (κ3) is 2.36. The topological polar surface area (TPSA) is 57.8 Å². The monoisotopic (exact) mass is 229 g/mol. The normalized spacial score (nSPS) is 10.2. The number of aryl methyl sites for hydroxylation is 2. The molecule has 0 saturated carbocycles. The molecular formula is C13H15N3O. The molecule has 0 fully saturated rings. The summed E-state index contributed by atoms with van der Waals surface area (Å²) in [6.07, 6.45) is 2.45. The van der Waals surface area contributed by atoms with Crippen molar-refractivity contribution in [3.8, 4) is 0 Å². The van der Waals surface area contributed by atoms with Crippen molar-refractivity contribution in [2.75, 3.05) is 5.32 Å². The van der Waals surface area contributed by atoms with Crippen molar-refractivity contribution < 1.29 is 4.79 Å². The number of carbonyl (C=O) groups is 1. The fourth-order valence-electron chi connectivity index (χ4n) is 1.77. The zero-order valence-corrected chi connectivity index (χ0v) is 9.95. The van der Waals surface area contributed by atoms with Gasteiger partial charge in [0.2, 0.25) is 0 Å². The van der Waals surface area contributed by atoms with Crippen LogP contribution in [0.3, 0.4) is 0 Å². The number of aromatic amines is 1. The maximum Gasteiger partial charge on any atom is 0.273 e. The number of amides is 1. The van der Waals surface area contributed by atoms with Crippen LogP contribution in [0.1, 0.15) is 28.5 Å². The first-order valence-corrected chi connectivity index (χ1v) is 5.61. The highest BCUT2D eigenvalue weighted by atomic mass is 16.1. The van der Waals surface area contributed by atoms with Crippen molar-refractivity contribution in [3.63, 3.8) is 0 Å². The van der Waals surface area contributed by atoms with E-state index in [0.717, 1.165) is 23.2 Å². The second kappa shape index (κ2) is 4.82. The third-order valence-corrected chi connectivity index (χ3v) is 2.72. The van der Waals surface area contributed by atoms with Crippen LogP contribution in [-0.2, 0) is 6.42 Å². The number of benzene rings is 1. The molecular weight excluding hydrogens is 214 g/mol. The zero-order chi connectivity index (χ0) is 12.3. The zero-order valence-electron chi connectivity index (χ0n) is 9.95. The van der Waals surface area contributed by atoms with Crippen LogP contribution in [0.4, 0.5) is 5.69 Å². The van der Waals surface area contributed by atoms with Crippen molar-refractivity contribution in [1.29, 1.82) is 0 Å². The van der Waals surface area contributed by atoms with E-state index in [1.54, 1.807) is 12.3 Å². The maximum atomic E-state index is 11.9. The third-order valence-electron chi connectivity index (χ3n) is 2.72. The standard InChI is InChI=1S/C13H15N3O/c1-3-10-6-4-5-9(2)12(10)15-13(17)11-7-8-14-16-11/h4-8H,3H2,1-2H3,(H,14,16)(H,15,17). The quantitative estimate of drug-likeness (QED) is 0.849. The first-order valence-electron chi connectivity index (χ1n) is 5.61. The Morgan fingerprint density at radius 2 is 2.24 bits per heavy atom. The second-order valence-electron chi connectivity index (χ2n) is 3.89. The van der Waals surface area contributed by atoms with Gasteiger partial charge < -0.3 is 5.32 Å². The number of anilines is 1. The van der Waals surface area contributed by atoms with Gasteiger partial charge in [0.25, 0.3) is 5.91 Å². The van der Waals surface area contributed by atoms with Crippen LogP contribution < -0.4 is 5.32 Å². The molecule has 4 nitrogen and oxygen atoms in total. The molecule has 2 aromatic rings. The Bertz CT molecular complexity index is 517. The Balaban J connectivity index is 2.27. The minimum Gasteiger partial charge on any atom is -0.320 e. The molecule has 1 aromatic carbocycles. The SMILES string of the molecule is CCc1cccc(C)c1NC(=O)c1ccn[nH]1. The second-order valence-corrected chi connectivity index (χ2v) is 3.89. The number of hydrogen-bond acceptors (Lipinski definition) is 2. The number of carbonyl (C=O) groups excluding carboxylic acids is 1. The van der Waals surface area contributed by atoms with Crippen molar-refractivity contribution in [3.05, 3.63) is 47.3 Å². The number of aromatic nitrogens is 2. The molecule has 2 N–H and O–H groups in total. The van der Waals surface area contributed by atoms with E-state index in [9.17, 15) is 4.79 Å². The van der Waals surface area contributed by atoms with E-state index in [2.05, 4.69) is 22.4 Å². The molecule has 1 heterocycles. The number of para-hydroxylation sites is 1. The van der Waals surface area contributed by atoms with Gasteiger partial charge in [-0.05, 0) is 30.5 Å². The number of nitrogens with zero attached hydrogens (tertiary/aromatic N) is 1. The molecule has 1 amide bonds. The van der Waals surface area contributed by atoms with E-state index in [-0.39, 0.29) is 5.91 Å².